The summed E-state index contributed by atoms with van der Waals surface area (Å²) in [7, 11) is 0. The molecule has 2 fully saturated rings. The van der Waals surface area contributed by atoms with Crippen LogP contribution in [0.4, 0.5) is 0 Å². The Kier molecular flexibility index (Phi) is 6.53. The fraction of sp³-hybridized carbons (Fsp3) is 0.696. The highest BCUT2D eigenvalue weighted by molar-refractivity contribution is 6.30. The van der Waals surface area contributed by atoms with Gasteiger partial charge in [-0.3, -0.25) is 4.79 Å². The van der Waals surface area contributed by atoms with E-state index in [1.807, 2.05) is 12.1 Å². The molecule has 1 amide bonds. The van der Waals surface area contributed by atoms with Crippen LogP contribution in [0, 0.1) is 5.41 Å². The maximum atomic E-state index is 12.4. The summed E-state index contributed by atoms with van der Waals surface area (Å²) in [5, 5.41) is 0.795. The summed E-state index contributed by atoms with van der Waals surface area (Å²) in [5.41, 5.74) is 1.55. The molecule has 0 spiro atoms. The quantitative estimate of drug-likeness (QED) is 0.628. The maximum Gasteiger partial charge on any atom is 0.219 e. The van der Waals surface area contributed by atoms with Crippen molar-refractivity contribution in [1.82, 2.24) is 4.90 Å². The van der Waals surface area contributed by atoms with Crippen LogP contribution in [-0.4, -0.2) is 35.6 Å². The Morgan fingerprint density at radius 2 is 1.89 bits per heavy atom. The minimum Gasteiger partial charge on any atom is -0.375 e. The predicted molar refractivity (Wildman–Crippen MR) is 111 cm³/mol. The Labute approximate surface area is 169 Å². The van der Waals surface area contributed by atoms with Crippen molar-refractivity contribution < 1.29 is 9.53 Å². The second kappa shape index (κ2) is 8.53. The van der Waals surface area contributed by atoms with Crippen LogP contribution in [0.25, 0.3) is 0 Å². The van der Waals surface area contributed by atoms with Crippen molar-refractivity contribution in [2.24, 2.45) is 5.41 Å². The molecule has 1 aromatic carbocycles. The van der Waals surface area contributed by atoms with E-state index in [4.69, 9.17) is 16.3 Å². The summed E-state index contributed by atoms with van der Waals surface area (Å²) < 4.78 is 5.86. The number of rotatable bonds is 6. The molecule has 27 heavy (non-hydrogen) atoms. The van der Waals surface area contributed by atoms with Crippen LogP contribution in [0.5, 0.6) is 0 Å². The zero-order valence-corrected chi connectivity index (χ0v) is 17.9. The molecule has 0 radical (unpaired) electrons. The maximum absolute atomic E-state index is 12.4. The number of amides is 1. The molecule has 1 aromatic rings. The molecule has 3 nitrogen and oxygen atoms in total. The third-order valence-electron chi connectivity index (χ3n) is 6.56. The van der Waals surface area contributed by atoms with Crippen molar-refractivity contribution in [2.75, 3.05) is 13.2 Å². The fourth-order valence-electron chi connectivity index (χ4n) is 5.10. The molecule has 0 aromatic heterocycles. The van der Waals surface area contributed by atoms with Gasteiger partial charge in [0.05, 0.1) is 5.60 Å². The van der Waals surface area contributed by atoms with E-state index in [0.717, 1.165) is 43.9 Å². The van der Waals surface area contributed by atoms with Crippen molar-refractivity contribution in [3.63, 3.8) is 0 Å². The van der Waals surface area contributed by atoms with Gasteiger partial charge < -0.3 is 9.64 Å². The highest BCUT2D eigenvalue weighted by atomic mass is 35.5. The van der Waals surface area contributed by atoms with Crippen LogP contribution in [0.3, 0.4) is 0 Å². The largest absolute Gasteiger partial charge is 0.375 e. The van der Waals surface area contributed by atoms with Gasteiger partial charge in [-0.05, 0) is 75.5 Å². The van der Waals surface area contributed by atoms with Gasteiger partial charge in [0.1, 0.15) is 0 Å². The normalized spacial score (nSPS) is 23.9. The molecule has 1 aliphatic heterocycles. The predicted octanol–water partition coefficient (Wildman–Crippen LogP) is 5.64. The molecule has 1 atom stereocenters. The van der Waals surface area contributed by atoms with Gasteiger partial charge in [-0.15, -0.1) is 0 Å². The van der Waals surface area contributed by atoms with Gasteiger partial charge in [0.15, 0.2) is 0 Å². The number of halogens is 1. The van der Waals surface area contributed by atoms with E-state index in [1.54, 1.807) is 6.92 Å². The molecule has 3 rings (SSSR count). The Morgan fingerprint density at radius 3 is 2.48 bits per heavy atom. The van der Waals surface area contributed by atoms with Crippen molar-refractivity contribution in [3.05, 3.63) is 34.9 Å². The van der Waals surface area contributed by atoms with Crippen LogP contribution < -0.4 is 0 Å². The Balaban J connectivity index is 1.68. The van der Waals surface area contributed by atoms with E-state index < -0.39 is 0 Å². The van der Waals surface area contributed by atoms with Gasteiger partial charge in [-0.1, -0.05) is 36.6 Å². The highest BCUT2D eigenvalue weighted by Crippen LogP contribution is 2.44. The van der Waals surface area contributed by atoms with E-state index >= 15 is 0 Å². The van der Waals surface area contributed by atoms with Crippen LogP contribution >= 0.6 is 11.6 Å². The standard InChI is InChI=1S/C23H34ClNO2/c1-18(26)25(21-10-15-27-22(2,3)17-21)14-13-23(11-4-5-12-23)16-19-6-8-20(24)9-7-19/h6-9,21H,4-5,10-17H2,1-3H3/t21-/m1/s1. The monoisotopic (exact) mass is 391 g/mol. The zero-order valence-electron chi connectivity index (χ0n) is 17.1. The van der Waals surface area contributed by atoms with Gasteiger partial charge in [0, 0.05) is 31.1 Å². The lowest BCUT2D eigenvalue weighted by atomic mass is 9.77. The molecule has 0 N–H and O–H groups in total. The first-order valence-electron chi connectivity index (χ1n) is 10.4. The van der Waals surface area contributed by atoms with Crippen LogP contribution in [0.2, 0.25) is 5.02 Å². The molecular weight excluding hydrogens is 358 g/mol. The lowest BCUT2D eigenvalue weighted by Gasteiger charge is -2.42. The van der Waals surface area contributed by atoms with E-state index in [0.29, 0.717) is 11.5 Å². The molecule has 2 aliphatic rings. The lowest BCUT2D eigenvalue weighted by molar-refractivity contribution is -0.138. The molecule has 4 heteroatoms. The van der Waals surface area contributed by atoms with E-state index in [9.17, 15) is 4.79 Å². The third kappa shape index (κ3) is 5.48. The molecule has 0 bridgehead atoms. The van der Waals surface area contributed by atoms with E-state index in [-0.39, 0.29) is 11.5 Å². The van der Waals surface area contributed by atoms with E-state index in [1.165, 1.54) is 31.2 Å². The third-order valence-corrected chi connectivity index (χ3v) is 6.81. The number of benzene rings is 1. The number of nitrogens with zero attached hydrogens (tertiary/aromatic N) is 1. The fourth-order valence-corrected chi connectivity index (χ4v) is 5.22. The molecule has 1 saturated heterocycles. The average Bonchev–Trinajstić information content (AvgIpc) is 3.05. The molecule has 1 heterocycles. The minimum atomic E-state index is -0.134. The topological polar surface area (TPSA) is 29.5 Å². The second-order valence-corrected chi connectivity index (χ2v) is 9.66. The number of hydrogen-bond acceptors (Lipinski definition) is 2. The summed E-state index contributed by atoms with van der Waals surface area (Å²) in [6.45, 7) is 7.61. The summed E-state index contributed by atoms with van der Waals surface area (Å²) in [6.07, 6.45) is 9.20. The van der Waals surface area contributed by atoms with Crippen LogP contribution in [0.15, 0.2) is 24.3 Å². The molecule has 1 saturated carbocycles. The summed E-state index contributed by atoms with van der Waals surface area (Å²) in [4.78, 5) is 14.6. The smallest absolute Gasteiger partial charge is 0.219 e. The van der Waals surface area contributed by atoms with Crippen LogP contribution in [-0.2, 0) is 16.0 Å². The first-order valence-corrected chi connectivity index (χ1v) is 10.8. The second-order valence-electron chi connectivity index (χ2n) is 9.23. The van der Waals surface area contributed by atoms with Gasteiger partial charge in [0.2, 0.25) is 5.91 Å². The first kappa shape index (κ1) is 20.7. The highest BCUT2D eigenvalue weighted by Gasteiger charge is 2.37. The van der Waals surface area contributed by atoms with Gasteiger partial charge >= 0.3 is 0 Å². The van der Waals surface area contributed by atoms with Gasteiger partial charge in [-0.25, -0.2) is 0 Å². The van der Waals surface area contributed by atoms with Crippen molar-refractivity contribution >= 4 is 17.5 Å². The zero-order chi connectivity index (χ0) is 19.5. The van der Waals surface area contributed by atoms with Crippen molar-refractivity contribution in [1.29, 1.82) is 0 Å². The van der Waals surface area contributed by atoms with Gasteiger partial charge in [-0.2, -0.15) is 0 Å². The van der Waals surface area contributed by atoms with E-state index in [2.05, 4.69) is 30.9 Å². The minimum absolute atomic E-state index is 0.134. The number of carbonyl (C=O) groups is 1. The summed E-state index contributed by atoms with van der Waals surface area (Å²) in [5.74, 6) is 0.206. The lowest BCUT2D eigenvalue weighted by Crippen LogP contribution is -2.48. The molecule has 150 valence electrons. The average molecular weight is 392 g/mol. The number of carbonyl (C=O) groups excluding carboxylic acids is 1. The van der Waals surface area contributed by atoms with Crippen molar-refractivity contribution in [3.8, 4) is 0 Å². The molecule has 1 aliphatic carbocycles. The first-order chi connectivity index (χ1) is 12.8. The van der Waals surface area contributed by atoms with Gasteiger partial charge in [0.25, 0.3) is 0 Å². The SMILES string of the molecule is CC(=O)N(CCC1(Cc2ccc(Cl)cc2)CCCC1)[C@@H]1CCOC(C)(C)C1. The Hall–Kier alpha value is -1.06. The Morgan fingerprint density at radius 1 is 1.22 bits per heavy atom. The van der Waals surface area contributed by atoms with Crippen molar-refractivity contribution in [2.45, 2.75) is 83.8 Å². The number of hydrogen-bond donors (Lipinski definition) is 0. The Bertz CT molecular complexity index is 634. The van der Waals surface area contributed by atoms with Crippen LogP contribution in [0.1, 0.15) is 71.3 Å². The number of ether oxygens (including phenoxy) is 1. The summed E-state index contributed by atoms with van der Waals surface area (Å²) >= 11 is 6.06. The molecular formula is C23H34ClNO2. The summed E-state index contributed by atoms with van der Waals surface area (Å²) in [6, 6.07) is 8.61. The molecule has 0 unspecified atom stereocenters.